The topological polar surface area (TPSA) is 92.5 Å². The molecule has 1 aliphatic carbocycles. The molecule has 1 saturated carbocycles. The van der Waals surface area contributed by atoms with Crippen molar-refractivity contribution < 1.29 is 9.53 Å². The first-order chi connectivity index (χ1) is 14.5. The second kappa shape index (κ2) is 7.10. The first-order valence-corrected chi connectivity index (χ1v) is 10.8. The van der Waals surface area contributed by atoms with Gasteiger partial charge in [0.15, 0.2) is 11.2 Å². The summed E-state index contributed by atoms with van der Waals surface area (Å²) in [6.07, 6.45) is 5.14. The van der Waals surface area contributed by atoms with E-state index in [4.69, 9.17) is 9.72 Å². The lowest BCUT2D eigenvalue weighted by Gasteiger charge is -2.39. The fraction of sp³-hybridized carbons (Fsp3) is 0.636. The van der Waals surface area contributed by atoms with Crippen LogP contribution in [0.25, 0.3) is 16.9 Å². The maximum Gasteiger partial charge on any atom is 0.333 e. The summed E-state index contributed by atoms with van der Waals surface area (Å²) in [5, 5.41) is 0. The van der Waals surface area contributed by atoms with Gasteiger partial charge in [-0.1, -0.05) is 20.8 Å². The van der Waals surface area contributed by atoms with E-state index in [1.54, 1.807) is 11.4 Å². The van der Waals surface area contributed by atoms with Crippen molar-refractivity contribution in [3.05, 3.63) is 32.7 Å². The van der Waals surface area contributed by atoms with Gasteiger partial charge < -0.3 is 9.30 Å². The molecule has 3 atom stereocenters. The molecule has 0 N–H and O–H groups in total. The maximum absolute atomic E-state index is 13.4. The van der Waals surface area contributed by atoms with Gasteiger partial charge in [0.1, 0.15) is 6.04 Å². The standard InChI is InChI=1S/C22H31N5O4/c1-12-8-15(10-22(4,5)9-12)26-13(2)11-25-16-17(23-20(25)26)24(6)21(30)27(18(16)28)14(3)19(29)31-7/h11-12,14-15H,8-10H2,1-7H3/t12-,14-,15+/m0/s1. The molecule has 9 heteroatoms. The van der Waals surface area contributed by atoms with Crippen molar-refractivity contribution in [1.82, 2.24) is 23.1 Å². The highest BCUT2D eigenvalue weighted by molar-refractivity contribution is 5.77. The summed E-state index contributed by atoms with van der Waals surface area (Å²) >= 11 is 0. The Balaban J connectivity index is 2.00. The summed E-state index contributed by atoms with van der Waals surface area (Å²) in [5.74, 6) is 0.590. The van der Waals surface area contributed by atoms with E-state index in [1.165, 1.54) is 25.0 Å². The van der Waals surface area contributed by atoms with Crippen molar-refractivity contribution in [3.8, 4) is 0 Å². The molecule has 4 rings (SSSR count). The van der Waals surface area contributed by atoms with E-state index in [0.717, 1.165) is 23.1 Å². The molecule has 168 valence electrons. The van der Waals surface area contributed by atoms with Crippen LogP contribution < -0.4 is 11.2 Å². The van der Waals surface area contributed by atoms with Crippen molar-refractivity contribution >= 4 is 22.9 Å². The number of imidazole rings is 2. The van der Waals surface area contributed by atoms with Crippen LogP contribution in [-0.4, -0.2) is 36.2 Å². The van der Waals surface area contributed by atoms with Gasteiger partial charge in [0, 0.05) is 25.0 Å². The van der Waals surface area contributed by atoms with Gasteiger partial charge in [-0.15, -0.1) is 0 Å². The molecule has 3 heterocycles. The molecule has 0 bridgehead atoms. The van der Waals surface area contributed by atoms with Crippen LogP contribution in [0.15, 0.2) is 15.8 Å². The molecule has 9 nitrogen and oxygen atoms in total. The third-order valence-corrected chi connectivity index (χ3v) is 6.68. The number of methoxy groups -OCH3 is 1. The van der Waals surface area contributed by atoms with Gasteiger partial charge in [-0.2, -0.15) is 4.98 Å². The lowest BCUT2D eigenvalue weighted by atomic mass is 9.70. The first kappa shape index (κ1) is 21.4. The predicted octanol–water partition coefficient (Wildman–Crippen LogP) is 2.58. The number of ether oxygens (including phenoxy) is 1. The number of carbonyl (C=O) groups is 1. The van der Waals surface area contributed by atoms with Crippen molar-refractivity contribution in [2.24, 2.45) is 18.4 Å². The van der Waals surface area contributed by atoms with Gasteiger partial charge in [0.05, 0.1) is 7.11 Å². The molecule has 0 aliphatic heterocycles. The zero-order valence-corrected chi connectivity index (χ0v) is 19.3. The normalized spacial score (nSPS) is 22.2. The van der Waals surface area contributed by atoms with Crippen LogP contribution in [0.5, 0.6) is 0 Å². The quantitative estimate of drug-likeness (QED) is 0.597. The number of carbonyl (C=O) groups excluding carboxylic acids is 1. The molecule has 1 aliphatic rings. The minimum Gasteiger partial charge on any atom is -0.467 e. The molecule has 0 amide bonds. The summed E-state index contributed by atoms with van der Waals surface area (Å²) in [4.78, 5) is 43.1. The molecular weight excluding hydrogens is 398 g/mol. The number of nitrogens with zero attached hydrogens (tertiary/aromatic N) is 5. The molecular formula is C22H31N5O4. The monoisotopic (exact) mass is 429 g/mol. The Morgan fingerprint density at radius 1 is 1.29 bits per heavy atom. The van der Waals surface area contributed by atoms with E-state index in [2.05, 4.69) is 25.3 Å². The number of hydrogen-bond donors (Lipinski definition) is 0. The molecule has 1 fully saturated rings. The highest BCUT2D eigenvalue weighted by Gasteiger charge is 2.35. The molecule has 0 radical (unpaired) electrons. The lowest BCUT2D eigenvalue weighted by Crippen LogP contribution is -2.43. The number of fused-ring (bicyclic) bond motifs is 3. The van der Waals surface area contributed by atoms with E-state index in [9.17, 15) is 14.4 Å². The highest BCUT2D eigenvalue weighted by atomic mass is 16.5. The third-order valence-electron chi connectivity index (χ3n) is 6.68. The van der Waals surface area contributed by atoms with E-state index in [0.29, 0.717) is 17.3 Å². The summed E-state index contributed by atoms with van der Waals surface area (Å²) < 4.78 is 11.0. The van der Waals surface area contributed by atoms with Crippen LogP contribution in [-0.2, 0) is 16.6 Å². The SMILES string of the molecule is COC(=O)[C@H](C)n1c(=O)c2c(nc3n([C@@H]4C[C@H](C)CC(C)(C)C4)c(C)cn23)n(C)c1=O. The Hall–Kier alpha value is -2.84. The first-order valence-electron chi connectivity index (χ1n) is 10.8. The minimum atomic E-state index is -1.03. The zero-order chi connectivity index (χ0) is 22.8. The molecule has 0 unspecified atom stereocenters. The number of aromatic nitrogens is 5. The summed E-state index contributed by atoms with van der Waals surface area (Å²) in [6.45, 7) is 10.4. The van der Waals surface area contributed by atoms with Gasteiger partial charge in [-0.3, -0.25) is 13.8 Å². The van der Waals surface area contributed by atoms with E-state index >= 15 is 0 Å². The smallest absolute Gasteiger partial charge is 0.333 e. The molecule has 0 saturated heterocycles. The fourth-order valence-corrected chi connectivity index (χ4v) is 5.56. The molecule has 31 heavy (non-hydrogen) atoms. The third kappa shape index (κ3) is 3.21. The van der Waals surface area contributed by atoms with E-state index in [1.807, 2.05) is 13.1 Å². The maximum atomic E-state index is 13.4. The Morgan fingerprint density at radius 2 is 1.97 bits per heavy atom. The van der Waals surface area contributed by atoms with Crippen molar-refractivity contribution in [2.45, 2.75) is 66.0 Å². The van der Waals surface area contributed by atoms with Crippen molar-refractivity contribution in [1.29, 1.82) is 0 Å². The van der Waals surface area contributed by atoms with Crippen LogP contribution in [0.3, 0.4) is 0 Å². The van der Waals surface area contributed by atoms with Crippen molar-refractivity contribution in [3.63, 3.8) is 0 Å². The zero-order valence-electron chi connectivity index (χ0n) is 19.3. The Bertz CT molecular complexity index is 1310. The number of rotatable bonds is 3. The average molecular weight is 430 g/mol. The minimum absolute atomic E-state index is 0.220. The molecule has 0 spiro atoms. The predicted molar refractivity (Wildman–Crippen MR) is 117 cm³/mol. The second-order valence-corrected chi connectivity index (χ2v) is 9.88. The number of esters is 1. The van der Waals surface area contributed by atoms with Gasteiger partial charge >= 0.3 is 11.7 Å². The van der Waals surface area contributed by atoms with Crippen LogP contribution in [0.2, 0.25) is 0 Å². The Morgan fingerprint density at radius 3 is 2.58 bits per heavy atom. The van der Waals surface area contributed by atoms with Crippen LogP contribution >= 0.6 is 0 Å². The molecule has 0 aromatic carbocycles. The van der Waals surface area contributed by atoms with Gasteiger partial charge in [0.25, 0.3) is 5.56 Å². The Labute approximate surface area is 180 Å². The molecule has 3 aromatic rings. The van der Waals surface area contributed by atoms with Gasteiger partial charge in [0.2, 0.25) is 5.78 Å². The van der Waals surface area contributed by atoms with Gasteiger partial charge in [-0.25, -0.2) is 14.2 Å². The summed E-state index contributed by atoms with van der Waals surface area (Å²) in [5.41, 5.74) is 0.704. The second-order valence-electron chi connectivity index (χ2n) is 9.88. The average Bonchev–Trinajstić information content (AvgIpc) is 3.18. The largest absolute Gasteiger partial charge is 0.467 e. The Kier molecular flexibility index (Phi) is 4.90. The highest BCUT2D eigenvalue weighted by Crippen LogP contribution is 2.44. The lowest BCUT2D eigenvalue weighted by molar-refractivity contribution is -0.144. The summed E-state index contributed by atoms with van der Waals surface area (Å²) in [6, 6.07) is -0.768. The fourth-order valence-electron chi connectivity index (χ4n) is 5.56. The van der Waals surface area contributed by atoms with Crippen LogP contribution in [0.1, 0.15) is 64.7 Å². The number of hydrogen-bond acceptors (Lipinski definition) is 5. The number of aryl methyl sites for hydroxylation is 2. The van der Waals surface area contributed by atoms with Crippen LogP contribution in [0, 0.1) is 18.3 Å². The van der Waals surface area contributed by atoms with Crippen LogP contribution in [0.4, 0.5) is 0 Å². The van der Waals surface area contributed by atoms with E-state index in [-0.39, 0.29) is 17.0 Å². The summed E-state index contributed by atoms with van der Waals surface area (Å²) in [7, 11) is 2.81. The van der Waals surface area contributed by atoms with Crippen molar-refractivity contribution in [2.75, 3.05) is 7.11 Å². The molecule has 3 aromatic heterocycles. The van der Waals surface area contributed by atoms with Gasteiger partial charge in [-0.05, 0) is 44.4 Å². The van der Waals surface area contributed by atoms with E-state index < -0.39 is 23.3 Å².